The minimum atomic E-state index is -0.604. The number of hydrogen-bond acceptors (Lipinski definition) is 5. The largest absolute Gasteiger partial charge is 0.507 e. The average molecular weight is 395 g/mol. The summed E-state index contributed by atoms with van der Waals surface area (Å²) in [5, 5.41) is 10.2. The van der Waals surface area contributed by atoms with Gasteiger partial charge in [0.2, 0.25) is 0 Å². The molecule has 0 bridgehead atoms. The highest BCUT2D eigenvalue weighted by Gasteiger charge is 2.23. The van der Waals surface area contributed by atoms with E-state index in [4.69, 9.17) is 9.47 Å². The number of likely N-dealkylation sites (tertiary alicyclic amines) is 1. The van der Waals surface area contributed by atoms with Crippen LogP contribution in [0.3, 0.4) is 0 Å². The van der Waals surface area contributed by atoms with Crippen LogP contribution in [0, 0.1) is 5.92 Å². The first-order chi connectivity index (χ1) is 14.0. The van der Waals surface area contributed by atoms with Gasteiger partial charge in [0, 0.05) is 24.7 Å². The Hall–Kier alpha value is -3.28. The summed E-state index contributed by atoms with van der Waals surface area (Å²) in [6.07, 6.45) is 5.50. The van der Waals surface area contributed by atoms with Crippen molar-refractivity contribution in [3.63, 3.8) is 0 Å². The third kappa shape index (κ3) is 4.77. The number of rotatable bonds is 5. The summed E-state index contributed by atoms with van der Waals surface area (Å²) in [7, 11) is 2.78. The van der Waals surface area contributed by atoms with Crippen molar-refractivity contribution in [2.24, 2.45) is 5.92 Å². The van der Waals surface area contributed by atoms with E-state index < -0.39 is 5.97 Å². The summed E-state index contributed by atoms with van der Waals surface area (Å²) in [6.45, 7) is 1.35. The van der Waals surface area contributed by atoms with Gasteiger partial charge in [0.1, 0.15) is 17.1 Å². The molecule has 6 nitrogen and oxygen atoms in total. The first-order valence-corrected chi connectivity index (χ1v) is 9.55. The monoisotopic (exact) mass is 395 g/mol. The second-order valence-corrected chi connectivity index (χ2v) is 6.96. The molecule has 1 aliphatic rings. The summed E-state index contributed by atoms with van der Waals surface area (Å²) < 4.78 is 9.98. The maximum Gasteiger partial charge on any atom is 0.342 e. The topological polar surface area (TPSA) is 76.1 Å². The number of allylic oxidation sites excluding steroid dienone is 1. The molecule has 0 spiro atoms. The van der Waals surface area contributed by atoms with Crippen molar-refractivity contribution >= 4 is 18.0 Å². The summed E-state index contributed by atoms with van der Waals surface area (Å²) in [5.41, 5.74) is 1.36. The number of esters is 1. The van der Waals surface area contributed by atoms with Gasteiger partial charge in [0.05, 0.1) is 14.2 Å². The number of nitrogens with zero attached hydrogens (tertiary/aromatic N) is 1. The summed E-state index contributed by atoms with van der Waals surface area (Å²) in [5.74, 6) is -0.00215. The van der Waals surface area contributed by atoms with Gasteiger partial charge in [-0.25, -0.2) is 4.79 Å². The number of phenolic OH excluding ortho intramolecular Hbond substituents is 1. The Morgan fingerprint density at radius 1 is 1.10 bits per heavy atom. The van der Waals surface area contributed by atoms with E-state index in [0.717, 1.165) is 12.8 Å². The third-order valence-corrected chi connectivity index (χ3v) is 5.14. The van der Waals surface area contributed by atoms with E-state index in [9.17, 15) is 14.7 Å². The molecule has 1 aliphatic heterocycles. The first-order valence-electron chi connectivity index (χ1n) is 9.55. The van der Waals surface area contributed by atoms with Crippen LogP contribution in [0.4, 0.5) is 0 Å². The maximum absolute atomic E-state index is 12.6. The maximum atomic E-state index is 12.6. The Labute approximate surface area is 170 Å². The Kier molecular flexibility index (Phi) is 6.54. The van der Waals surface area contributed by atoms with E-state index in [2.05, 4.69) is 0 Å². The van der Waals surface area contributed by atoms with Crippen LogP contribution in [0.5, 0.6) is 11.5 Å². The van der Waals surface area contributed by atoms with Crippen molar-refractivity contribution in [1.82, 2.24) is 4.90 Å². The molecule has 152 valence electrons. The zero-order valence-corrected chi connectivity index (χ0v) is 16.6. The minimum Gasteiger partial charge on any atom is -0.507 e. The van der Waals surface area contributed by atoms with Crippen molar-refractivity contribution in [2.45, 2.75) is 12.8 Å². The highest BCUT2D eigenvalue weighted by molar-refractivity contribution is 5.97. The quantitative estimate of drug-likeness (QED) is 0.781. The number of amides is 1. The molecule has 2 aromatic carbocycles. The van der Waals surface area contributed by atoms with Gasteiger partial charge in [-0.1, -0.05) is 30.4 Å². The van der Waals surface area contributed by atoms with Crippen molar-refractivity contribution < 1.29 is 24.2 Å². The lowest BCUT2D eigenvalue weighted by atomic mass is 9.94. The SMILES string of the molecule is COC(=O)c1c(O)cc(OC)cc1C=CC1CCN(C(=O)c2ccccc2)CC1. The predicted octanol–water partition coefficient (Wildman–Crippen LogP) is 3.75. The van der Waals surface area contributed by atoms with Crippen molar-refractivity contribution in [3.8, 4) is 11.5 Å². The number of hydrogen-bond donors (Lipinski definition) is 1. The van der Waals surface area contributed by atoms with Gasteiger partial charge >= 0.3 is 5.97 Å². The molecule has 1 fully saturated rings. The smallest absolute Gasteiger partial charge is 0.342 e. The minimum absolute atomic E-state index is 0.0544. The summed E-state index contributed by atoms with van der Waals surface area (Å²) in [6, 6.07) is 12.4. The fraction of sp³-hybridized carbons (Fsp3) is 0.304. The molecule has 3 rings (SSSR count). The number of benzene rings is 2. The van der Waals surface area contributed by atoms with E-state index in [0.29, 0.717) is 30.0 Å². The summed E-state index contributed by atoms with van der Waals surface area (Å²) >= 11 is 0. The molecule has 0 unspecified atom stereocenters. The van der Waals surface area contributed by atoms with Gasteiger partial charge in [0.25, 0.3) is 5.91 Å². The zero-order chi connectivity index (χ0) is 20.8. The molecule has 1 saturated heterocycles. The van der Waals surface area contributed by atoms with Crippen LogP contribution in [-0.4, -0.2) is 49.2 Å². The predicted molar refractivity (Wildman–Crippen MR) is 110 cm³/mol. The molecular formula is C23H25NO5. The molecular weight excluding hydrogens is 370 g/mol. The molecule has 2 aromatic rings. The Balaban J connectivity index is 1.70. The van der Waals surface area contributed by atoms with E-state index in [-0.39, 0.29) is 23.1 Å². The average Bonchev–Trinajstić information content (AvgIpc) is 2.77. The number of phenols is 1. The second kappa shape index (κ2) is 9.28. The lowest BCUT2D eigenvalue weighted by Crippen LogP contribution is -2.38. The first kappa shape index (κ1) is 20.5. The number of methoxy groups -OCH3 is 2. The van der Waals surface area contributed by atoms with Crippen LogP contribution in [0.25, 0.3) is 6.08 Å². The molecule has 0 aliphatic carbocycles. The van der Waals surface area contributed by atoms with E-state index in [1.165, 1.54) is 20.3 Å². The van der Waals surface area contributed by atoms with Crippen LogP contribution < -0.4 is 4.74 Å². The van der Waals surface area contributed by atoms with Crippen molar-refractivity contribution in [1.29, 1.82) is 0 Å². The molecule has 29 heavy (non-hydrogen) atoms. The van der Waals surface area contributed by atoms with Crippen LogP contribution in [-0.2, 0) is 4.74 Å². The Morgan fingerprint density at radius 3 is 2.41 bits per heavy atom. The van der Waals surface area contributed by atoms with E-state index >= 15 is 0 Å². The van der Waals surface area contributed by atoms with Crippen LogP contribution >= 0.6 is 0 Å². The Morgan fingerprint density at radius 2 is 1.79 bits per heavy atom. The van der Waals surface area contributed by atoms with Crippen molar-refractivity contribution in [3.05, 3.63) is 65.2 Å². The molecule has 0 radical (unpaired) electrons. The molecule has 0 aromatic heterocycles. The van der Waals surface area contributed by atoms with Gasteiger partial charge < -0.3 is 19.5 Å². The van der Waals surface area contributed by atoms with Gasteiger partial charge in [-0.05, 0) is 42.5 Å². The third-order valence-electron chi connectivity index (χ3n) is 5.14. The van der Waals surface area contributed by atoms with Gasteiger partial charge in [-0.2, -0.15) is 0 Å². The fourth-order valence-electron chi connectivity index (χ4n) is 3.49. The molecule has 0 atom stereocenters. The number of piperidine rings is 1. The number of carbonyl (C=O) groups excluding carboxylic acids is 2. The fourth-order valence-corrected chi connectivity index (χ4v) is 3.49. The van der Waals surface area contributed by atoms with Crippen molar-refractivity contribution in [2.75, 3.05) is 27.3 Å². The molecule has 1 heterocycles. The standard InChI is InChI=1S/C23H25NO5/c1-28-19-14-18(21(20(25)15-19)23(27)29-2)9-8-16-10-12-24(13-11-16)22(26)17-6-4-3-5-7-17/h3-9,14-16,25H,10-13H2,1-2H3. The number of carbonyl (C=O) groups is 2. The second-order valence-electron chi connectivity index (χ2n) is 6.96. The highest BCUT2D eigenvalue weighted by Crippen LogP contribution is 2.30. The lowest BCUT2D eigenvalue weighted by Gasteiger charge is -2.30. The number of ether oxygens (including phenoxy) is 2. The van der Waals surface area contributed by atoms with Gasteiger partial charge in [-0.3, -0.25) is 4.79 Å². The van der Waals surface area contributed by atoms with Crippen LogP contribution in [0.15, 0.2) is 48.5 Å². The highest BCUT2D eigenvalue weighted by atomic mass is 16.5. The van der Waals surface area contributed by atoms with Gasteiger partial charge in [0.15, 0.2) is 0 Å². The zero-order valence-electron chi connectivity index (χ0n) is 16.6. The summed E-state index contributed by atoms with van der Waals surface area (Å²) in [4.78, 5) is 26.5. The normalized spacial score (nSPS) is 14.8. The molecule has 1 amide bonds. The van der Waals surface area contributed by atoms with Crippen LogP contribution in [0.2, 0.25) is 0 Å². The van der Waals surface area contributed by atoms with Crippen LogP contribution in [0.1, 0.15) is 39.1 Å². The van der Waals surface area contributed by atoms with Gasteiger partial charge in [-0.15, -0.1) is 0 Å². The molecule has 0 saturated carbocycles. The molecule has 6 heteroatoms. The lowest BCUT2D eigenvalue weighted by molar-refractivity contribution is 0.0596. The van der Waals surface area contributed by atoms with E-state index in [1.807, 2.05) is 47.4 Å². The Bertz CT molecular complexity index is 899. The number of aromatic hydroxyl groups is 1. The molecule has 1 N–H and O–H groups in total. The van der Waals surface area contributed by atoms with E-state index in [1.54, 1.807) is 6.07 Å².